The van der Waals surface area contributed by atoms with E-state index in [-0.39, 0.29) is 19.8 Å². The van der Waals surface area contributed by atoms with Crippen LogP contribution in [0.2, 0.25) is 0 Å². The molecule has 1 rings (SSSR count). The zero-order chi connectivity index (χ0) is 22.7. The first-order valence-corrected chi connectivity index (χ1v) is 9.45. The van der Waals surface area contributed by atoms with Gasteiger partial charge in [-0.3, -0.25) is 19.2 Å². The first kappa shape index (κ1) is 25.8. The number of nitrogens with two attached hydrogens (primary N) is 1. The maximum Gasteiger partial charge on any atom is 0.303 e. The molecule has 1 aliphatic heterocycles. The van der Waals surface area contributed by atoms with E-state index >= 15 is 0 Å². The summed E-state index contributed by atoms with van der Waals surface area (Å²) < 4.78 is 32.4. The van der Waals surface area contributed by atoms with Crippen LogP contribution in [-0.4, -0.2) is 87.4 Å². The van der Waals surface area contributed by atoms with E-state index in [1.807, 2.05) is 0 Å². The predicted molar refractivity (Wildman–Crippen MR) is 99.8 cm³/mol. The molecule has 3 unspecified atom stereocenters. The minimum atomic E-state index is -1.16. The molecule has 172 valence electrons. The van der Waals surface area contributed by atoms with Gasteiger partial charge in [0.2, 0.25) is 5.91 Å². The minimum absolute atomic E-state index is 0.0755. The molecule has 1 fully saturated rings. The number of carbonyl (C=O) groups excluding carboxylic acids is 4. The first-order valence-electron chi connectivity index (χ1n) is 9.45. The highest BCUT2D eigenvalue weighted by Gasteiger charge is 2.51. The number of carbonyl (C=O) groups is 4. The number of ether oxygens (including phenoxy) is 6. The average molecular weight is 434 g/mol. The molecule has 1 heterocycles. The Kier molecular flexibility index (Phi) is 11.3. The van der Waals surface area contributed by atoms with Crippen LogP contribution in [0.15, 0.2) is 0 Å². The first-order chi connectivity index (χ1) is 14.1. The van der Waals surface area contributed by atoms with E-state index in [2.05, 4.69) is 5.32 Å². The van der Waals surface area contributed by atoms with Crippen LogP contribution >= 0.6 is 0 Å². The summed E-state index contributed by atoms with van der Waals surface area (Å²) in [6.45, 7) is 5.47. The third-order valence-electron chi connectivity index (χ3n) is 3.84. The molecule has 0 aromatic rings. The topological polar surface area (TPSA) is 162 Å². The molecule has 0 aromatic heterocycles. The summed E-state index contributed by atoms with van der Waals surface area (Å²) in [6.07, 6.45) is -4.43. The molecule has 0 aromatic carbocycles. The van der Waals surface area contributed by atoms with Gasteiger partial charge in [0.25, 0.3) is 0 Å². The smallest absolute Gasteiger partial charge is 0.303 e. The van der Waals surface area contributed by atoms with Crippen LogP contribution in [0.5, 0.6) is 0 Å². The van der Waals surface area contributed by atoms with Crippen LogP contribution in [-0.2, 0) is 47.6 Å². The van der Waals surface area contributed by atoms with E-state index in [1.54, 1.807) is 0 Å². The Bertz CT molecular complexity index is 600. The van der Waals surface area contributed by atoms with E-state index in [4.69, 9.17) is 34.2 Å². The van der Waals surface area contributed by atoms with Crippen molar-refractivity contribution in [1.82, 2.24) is 5.32 Å². The molecule has 3 N–H and O–H groups in total. The van der Waals surface area contributed by atoms with Gasteiger partial charge in [-0.05, 0) is 0 Å². The van der Waals surface area contributed by atoms with Gasteiger partial charge in [-0.25, -0.2) is 0 Å². The van der Waals surface area contributed by atoms with Gasteiger partial charge in [-0.1, -0.05) is 0 Å². The van der Waals surface area contributed by atoms with Crippen LogP contribution in [0.3, 0.4) is 0 Å². The molecule has 0 aliphatic carbocycles. The van der Waals surface area contributed by atoms with Crippen LogP contribution in [0.25, 0.3) is 0 Å². The second-order valence-corrected chi connectivity index (χ2v) is 6.49. The maximum atomic E-state index is 11.8. The number of amides is 1. The minimum Gasteiger partial charge on any atom is -0.463 e. The lowest BCUT2D eigenvalue weighted by molar-refractivity contribution is -0.279. The summed E-state index contributed by atoms with van der Waals surface area (Å²) in [5.41, 5.74) is 5.36. The molecule has 30 heavy (non-hydrogen) atoms. The van der Waals surface area contributed by atoms with Gasteiger partial charge in [0.1, 0.15) is 18.8 Å². The van der Waals surface area contributed by atoms with Gasteiger partial charge < -0.3 is 39.5 Å². The zero-order valence-electron chi connectivity index (χ0n) is 17.6. The molecule has 0 spiro atoms. The Morgan fingerprint density at radius 3 is 2.07 bits per heavy atom. The van der Waals surface area contributed by atoms with E-state index in [0.717, 1.165) is 0 Å². The highest BCUT2D eigenvalue weighted by Crippen LogP contribution is 2.28. The van der Waals surface area contributed by atoms with Crippen molar-refractivity contribution < 1.29 is 47.6 Å². The van der Waals surface area contributed by atoms with Crippen molar-refractivity contribution in [3.63, 3.8) is 0 Å². The number of nitrogens with one attached hydrogen (secondary N) is 1. The molecule has 5 atom stereocenters. The maximum absolute atomic E-state index is 11.8. The Morgan fingerprint density at radius 1 is 0.900 bits per heavy atom. The number of rotatable bonds is 11. The van der Waals surface area contributed by atoms with E-state index in [1.165, 1.54) is 27.7 Å². The van der Waals surface area contributed by atoms with Gasteiger partial charge in [-0.2, -0.15) is 0 Å². The predicted octanol–water partition coefficient (Wildman–Crippen LogP) is -1.37. The summed E-state index contributed by atoms with van der Waals surface area (Å²) in [6, 6.07) is -1.00. The van der Waals surface area contributed by atoms with Crippen LogP contribution < -0.4 is 11.1 Å². The van der Waals surface area contributed by atoms with Crippen LogP contribution in [0.4, 0.5) is 0 Å². The lowest BCUT2D eigenvalue weighted by Crippen LogP contribution is -2.66. The van der Waals surface area contributed by atoms with Crippen molar-refractivity contribution in [2.45, 2.75) is 58.3 Å². The van der Waals surface area contributed by atoms with Gasteiger partial charge >= 0.3 is 17.9 Å². The van der Waals surface area contributed by atoms with Crippen molar-refractivity contribution in [2.75, 3.05) is 33.0 Å². The monoisotopic (exact) mass is 434 g/mol. The number of esters is 3. The third-order valence-corrected chi connectivity index (χ3v) is 3.84. The Morgan fingerprint density at radius 2 is 1.53 bits per heavy atom. The summed E-state index contributed by atoms with van der Waals surface area (Å²) in [4.78, 5) is 46.4. The van der Waals surface area contributed by atoms with Crippen molar-refractivity contribution in [2.24, 2.45) is 5.73 Å². The third kappa shape index (κ3) is 9.03. The Labute approximate surface area is 174 Å². The molecule has 1 saturated heterocycles. The van der Waals surface area contributed by atoms with E-state index in [0.29, 0.717) is 13.2 Å². The Hall–Kier alpha value is -2.28. The molecular weight excluding hydrogens is 404 g/mol. The van der Waals surface area contributed by atoms with Crippen molar-refractivity contribution in [3.05, 3.63) is 0 Å². The number of hydrogen-bond acceptors (Lipinski definition) is 11. The lowest BCUT2D eigenvalue weighted by atomic mass is 9.96. The highest BCUT2D eigenvalue weighted by atomic mass is 16.7. The van der Waals surface area contributed by atoms with Crippen molar-refractivity contribution in [3.8, 4) is 0 Å². The summed E-state index contributed by atoms with van der Waals surface area (Å²) in [7, 11) is 0. The largest absolute Gasteiger partial charge is 0.463 e. The van der Waals surface area contributed by atoms with Crippen molar-refractivity contribution in [1.29, 1.82) is 0 Å². The van der Waals surface area contributed by atoms with E-state index < -0.39 is 54.5 Å². The fourth-order valence-electron chi connectivity index (χ4n) is 2.84. The van der Waals surface area contributed by atoms with Crippen molar-refractivity contribution >= 4 is 23.8 Å². The molecule has 1 aliphatic rings. The van der Waals surface area contributed by atoms with Crippen LogP contribution in [0.1, 0.15) is 27.7 Å². The zero-order valence-corrected chi connectivity index (χ0v) is 17.6. The fraction of sp³-hybridized carbons (Fsp3) is 0.778. The van der Waals surface area contributed by atoms with Gasteiger partial charge in [0.05, 0.1) is 19.8 Å². The summed E-state index contributed by atoms with van der Waals surface area (Å²) >= 11 is 0. The quantitative estimate of drug-likeness (QED) is 0.224. The molecular formula is C18H30N2O10. The fourth-order valence-corrected chi connectivity index (χ4v) is 2.84. The van der Waals surface area contributed by atoms with Gasteiger partial charge in [0.15, 0.2) is 18.5 Å². The molecule has 0 bridgehead atoms. The summed E-state index contributed by atoms with van der Waals surface area (Å²) in [5, 5.41) is 2.60. The second-order valence-electron chi connectivity index (χ2n) is 6.49. The summed E-state index contributed by atoms with van der Waals surface area (Å²) in [5.74, 6) is -2.38. The Balaban J connectivity index is 3.13. The number of hydrogen-bond donors (Lipinski definition) is 2. The molecule has 12 nitrogen and oxygen atoms in total. The lowest BCUT2D eigenvalue weighted by Gasteiger charge is -2.44. The molecule has 0 radical (unpaired) electrons. The standard InChI is InChI=1S/C18H30N2O10/c1-10(21)20-15-17(29-13(4)24)16(28-12(3)23)14(9-27-11(2)22)30-18(15)26-8-7-25-6-5-19/h14-18H,5-9,19H2,1-4H3,(H,20,21)/t14?,15?,16-,17?,18+/m0/s1. The molecule has 12 heteroatoms. The highest BCUT2D eigenvalue weighted by molar-refractivity contribution is 5.73. The SMILES string of the molecule is CC(=O)NC1C(OC(C)=O)[C@@H](OC(C)=O)C(COC(C)=O)O[C@H]1OCCOCCN. The molecule has 1 amide bonds. The average Bonchev–Trinajstić information content (AvgIpc) is 2.63. The normalized spacial score (nSPS) is 25.8. The van der Waals surface area contributed by atoms with E-state index in [9.17, 15) is 19.2 Å². The van der Waals surface area contributed by atoms with Gasteiger partial charge in [-0.15, -0.1) is 0 Å². The van der Waals surface area contributed by atoms with Crippen LogP contribution in [0, 0.1) is 0 Å². The van der Waals surface area contributed by atoms with Gasteiger partial charge in [0, 0.05) is 34.2 Å². The second kappa shape index (κ2) is 13.1. The molecule has 0 saturated carbocycles.